The lowest BCUT2D eigenvalue weighted by Crippen LogP contribution is -2.46. The molecule has 0 aliphatic rings. The molecule has 0 amide bonds. The lowest BCUT2D eigenvalue weighted by atomic mass is 9.41. The van der Waals surface area contributed by atoms with Crippen molar-refractivity contribution in [3.05, 3.63) is 188 Å². The molecule has 1 aromatic heterocycles. The van der Waals surface area contributed by atoms with Gasteiger partial charge in [0.05, 0.1) is 27.6 Å². The second-order valence-electron chi connectivity index (χ2n) is 11.1. The van der Waals surface area contributed by atoms with Crippen LogP contribution in [0.25, 0.3) is 0 Å². The predicted molar refractivity (Wildman–Crippen MR) is 194 cm³/mol. The number of rotatable bonds is 12. The van der Waals surface area contributed by atoms with Crippen LogP contribution in [-0.4, -0.2) is 32.4 Å². The van der Waals surface area contributed by atoms with Crippen LogP contribution in [0.5, 0.6) is 5.75 Å². The highest BCUT2D eigenvalue weighted by Gasteiger charge is 2.36. The summed E-state index contributed by atoms with van der Waals surface area (Å²) in [6, 6.07) is 51.2. The summed E-state index contributed by atoms with van der Waals surface area (Å²) in [5, 5.41) is 1.14. The maximum absolute atomic E-state index is 5.87. The minimum atomic E-state index is -0.842. The highest BCUT2D eigenvalue weighted by Crippen LogP contribution is 2.33. The molecular formula is C40H41BN2OSi. The summed E-state index contributed by atoms with van der Waals surface area (Å²) in [5.41, 5.74) is 5.17. The molecule has 0 saturated carbocycles. The van der Waals surface area contributed by atoms with Crippen molar-refractivity contribution in [2.45, 2.75) is 24.9 Å². The van der Waals surface area contributed by atoms with Gasteiger partial charge in [-0.1, -0.05) is 163 Å². The number of unbranched alkanes of at least 4 members (excludes halogenated alkanes) is 1. The van der Waals surface area contributed by atoms with E-state index in [9.17, 15) is 0 Å². The van der Waals surface area contributed by atoms with E-state index >= 15 is 0 Å². The van der Waals surface area contributed by atoms with Crippen molar-refractivity contribution in [3.8, 4) is 5.75 Å². The zero-order valence-corrected chi connectivity index (χ0v) is 27.5. The summed E-state index contributed by atoms with van der Waals surface area (Å²) in [6.07, 6.45) is 8.15. The first-order chi connectivity index (χ1) is 22.2. The van der Waals surface area contributed by atoms with E-state index in [0.717, 1.165) is 25.2 Å². The maximum Gasteiger partial charge on any atom is 0.233 e. The van der Waals surface area contributed by atoms with Crippen LogP contribution in [0.3, 0.4) is 0 Å². The second-order valence-corrected chi connectivity index (χ2v) is 13.3. The van der Waals surface area contributed by atoms with Gasteiger partial charge in [0, 0.05) is 12.4 Å². The number of hydrogen-bond donors (Lipinski definition) is 0. The standard InChI is InChI=1S/C26H28N2OSi.C14H13B/c1-2-3-20-29-24-14-16-25(17-15-24)30-26(28-19-18-27-21-28,22-10-6-4-7-11-22)23-12-8-5-9-13-23;1-2-15(13-9-5-3-6-10-13)14-11-7-4-8-12-14/h4-19,21H,2-3,20,30H2,1H3;2-12H,1H2. The van der Waals surface area contributed by atoms with Crippen LogP contribution in [-0.2, 0) is 5.16 Å². The lowest BCUT2D eigenvalue weighted by molar-refractivity contribution is 0.309. The van der Waals surface area contributed by atoms with E-state index in [4.69, 9.17) is 4.74 Å². The monoisotopic (exact) mass is 604 g/mol. The molecule has 45 heavy (non-hydrogen) atoms. The summed E-state index contributed by atoms with van der Waals surface area (Å²) >= 11 is 0. The van der Waals surface area contributed by atoms with Gasteiger partial charge in [0.1, 0.15) is 5.75 Å². The molecule has 6 rings (SSSR count). The van der Waals surface area contributed by atoms with E-state index in [1.807, 2.05) is 30.6 Å². The third-order valence-electron chi connectivity index (χ3n) is 8.15. The van der Waals surface area contributed by atoms with E-state index in [-0.39, 0.29) is 5.16 Å². The fraction of sp³-hybridized carbons (Fsp3) is 0.125. The Morgan fingerprint density at radius 1 is 0.733 bits per heavy atom. The lowest BCUT2D eigenvalue weighted by Gasteiger charge is -2.37. The van der Waals surface area contributed by atoms with Crippen LogP contribution < -0.4 is 20.8 Å². The summed E-state index contributed by atoms with van der Waals surface area (Å²) < 4.78 is 8.16. The number of aromatic nitrogens is 2. The zero-order valence-electron chi connectivity index (χ0n) is 26.1. The third-order valence-corrected chi connectivity index (χ3v) is 10.7. The first-order valence-electron chi connectivity index (χ1n) is 15.8. The van der Waals surface area contributed by atoms with Crippen molar-refractivity contribution in [1.82, 2.24) is 9.55 Å². The predicted octanol–water partition coefficient (Wildman–Crippen LogP) is 6.33. The highest BCUT2D eigenvalue weighted by molar-refractivity contribution is 6.89. The Bertz CT molecular complexity index is 1600. The van der Waals surface area contributed by atoms with Crippen molar-refractivity contribution in [1.29, 1.82) is 0 Å². The summed E-state index contributed by atoms with van der Waals surface area (Å²) in [5.74, 6) is 2.94. The molecule has 0 aliphatic carbocycles. The van der Waals surface area contributed by atoms with Gasteiger partial charge in [0.25, 0.3) is 0 Å². The maximum atomic E-state index is 5.87. The minimum absolute atomic E-state index is 0.246. The van der Waals surface area contributed by atoms with E-state index < -0.39 is 9.52 Å². The molecule has 0 unspecified atom stereocenters. The summed E-state index contributed by atoms with van der Waals surface area (Å²) in [6.45, 7) is 7.17. The summed E-state index contributed by atoms with van der Waals surface area (Å²) in [7, 11) is -0.842. The Balaban J connectivity index is 0.000000223. The van der Waals surface area contributed by atoms with Gasteiger partial charge in [-0.25, -0.2) is 4.98 Å². The van der Waals surface area contributed by atoms with Crippen LogP contribution in [0, 0.1) is 0 Å². The van der Waals surface area contributed by atoms with E-state index in [1.54, 1.807) is 0 Å². The first-order valence-corrected chi connectivity index (χ1v) is 17.2. The normalized spacial score (nSPS) is 11.0. The number of ether oxygens (including phenoxy) is 1. The number of benzene rings is 5. The topological polar surface area (TPSA) is 27.1 Å². The molecule has 5 aromatic carbocycles. The summed E-state index contributed by atoms with van der Waals surface area (Å²) in [4.78, 5) is 4.40. The van der Waals surface area contributed by atoms with Gasteiger partial charge < -0.3 is 9.30 Å². The van der Waals surface area contributed by atoms with E-state index in [2.05, 4.69) is 163 Å². The molecule has 6 aromatic rings. The van der Waals surface area contributed by atoms with Crippen molar-refractivity contribution in [3.63, 3.8) is 0 Å². The number of hydrogen-bond acceptors (Lipinski definition) is 2. The first kappa shape index (κ1) is 31.6. The van der Waals surface area contributed by atoms with Crippen molar-refractivity contribution in [2.24, 2.45) is 0 Å². The molecule has 224 valence electrons. The molecule has 0 spiro atoms. The Morgan fingerprint density at radius 2 is 1.24 bits per heavy atom. The van der Waals surface area contributed by atoms with Crippen molar-refractivity contribution in [2.75, 3.05) is 6.61 Å². The molecule has 0 bridgehead atoms. The van der Waals surface area contributed by atoms with Crippen LogP contribution >= 0.6 is 0 Å². The molecule has 0 atom stereocenters. The van der Waals surface area contributed by atoms with Gasteiger partial charge in [0.2, 0.25) is 6.71 Å². The van der Waals surface area contributed by atoms with Crippen LogP contribution in [0.4, 0.5) is 0 Å². The van der Waals surface area contributed by atoms with Crippen LogP contribution in [0.15, 0.2) is 177 Å². The van der Waals surface area contributed by atoms with Gasteiger partial charge in [-0.05, 0) is 29.7 Å². The van der Waals surface area contributed by atoms with Gasteiger partial charge in [-0.15, -0.1) is 12.6 Å². The van der Waals surface area contributed by atoms with Crippen LogP contribution in [0.1, 0.15) is 30.9 Å². The van der Waals surface area contributed by atoms with Gasteiger partial charge >= 0.3 is 0 Å². The van der Waals surface area contributed by atoms with Gasteiger partial charge in [0.15, 0.2) is 0 Å². The molecule has 0 N–H and O–H groups in total. The van der Waals surface area contributed by atoms with Gasteiger partial charge in [-0.3, -0.25) is 0 Å². The second kappa shape index (κ2) is 16.3. The Kier molecular flexibility index (Phi) is 11.4. The SMILES string of the molecule is C=CB(c1ccccc1)c1ccccc1.CCCCOc1ccc([SiH2]C(c2ccccc2)(c2ccccc2)n2ccnc2)cc1. The highest BCUT2D eigenvalue weighted by atomic mass is 28.2. The zero-order chi connectivity index (χ0) is 31.2. The van der Waals surface area contributed by atoms with Crippen molar-refractivity contribution < 1.29 is 4.74 Å². The van der Waals surface area contributed by atoms with E-state index in [1.165, 1.54) is 27.2 Å². The molecular weight excluding hydrogens is 563 g/mol. The van der Waals surface area contributed by atoms with E-state index in [0.29, 0.717) is 6.71 Å². The number of imidazole rings is 1. The fourth-order valence-corrected chi connectivity index (χ4v) is 8.10. The smallest absolute Gasteiger partial charge is 0.233 e. The average Bonchev–Trinajstić information content (AvgIpc) is 3.66. The number of nitrogens with zero attached hydrogens (tertiary/aromatic N) is 2. The molecule has 5 heteroatoms. The minimum Gasteiger partial charge on any atom is -0.494 e. The Hall–Kier alpha value is -4.87. The molecule has 0 radical (unpaired) electrons. The molecule has 0 saturated heterocycles. The fourth-order valence-electron chi connectivity index (χ4n) is 5.79. The molecule has 1 heterocycles. The third kappa shape index (κ3) is 8.00. The average molecular weight is 605 g/mol. The quantitative estimate of drug-likeness (QED) is 0.121. The Morgan fingerprint density at radius 3 is 1.69 bits per heavy atom. The Labute approximate surface area is 271 Å². The molecule has 3 nitrogen and oxygen atoms in total. The molecule has 0 fully saturated rings. The van der Waals surface area contributed by atoms with Gasteiger partial charge in [-0.2, -0.15) is 0 Å². The largest absolute Gasteiger partial charge is 0.494 e. The van der Waals surface area contributed by atoms with Crippen LogP contribution in [0.2, 0.25) is 0 Å². The van der Waals surface area contributed by atoms with Crippen molar-refractivity contribution >= 4 is 32.3 Å². The molecule has 0 aliphatic heterocycles.